The zero-order valence-corrected chi connectivity index (χ0v) is 11.3. The van der Waals surface area contributed by atoms with Crippen molar-refractivity contribution >= 4 is 28.8 Å². The second-order valence-electron chi connectivity index (χ2n) is 3.86. The molecule has 0 aliphatic carbocycles. The van der Waals surface area contributed by atoms with Crippen LogP contribution in [0.1, 0.15) is 25.3 Å². The smallest absolute Gasteiger partial charge is 0.226 e. The van der Waals surface area contributed by atoms with Gasteiger partial charge < -0.3 is 15.8 Å². The first-order chi connectivity index (χ1) is 8.63. The van der Waals surface area contributed by atoms with Gasteiger partial charge in [-0.2, -0.15) is 0 Å². The maximum absolute atomic E-state index is 11.6. The van der Waals surface area contributed by atoms with Crippen LogP contribution in [0.3, 0.4) is 0 Å². The maximum atomic E-state index is 11.6. The molecule has 0 aliphatic heterocycles. The van der Waals surface area contributed by atoms with Crippen LogP contribution >= 0.6 is 12.2 Å². The molecule has 0 saturated heterocycles. The Bertz CT molecular complexity index is 421. The van der Waals surface area contributed by atoms with Crippen molar-refractivity contribution < 1.29 is 9.53 Å². The van der Waals surface area contributed by atoms with Crippen LogP contribution in [0.2, 0.25) is 0 Å². The van der Waals surface area contributed by atoms with Gasteiger partial charge in [-0.1, -0.05) is 31.3 Å². The van der Waals surface area contributed by atoms with E-state index in [1.54, 1.807) is 18.2 Å². The Balaban J connectivity index is 2.44. The molecule has 3 N–H and O–H groups in total. The quantitative estimate of drug-likeness (QED) is 0.586. The average Bonchev–Trinajstić information content (AvgIpc) is 2.35. The first kappa shape index (κ1) is 14.6. The van der Waals surface area contributed by atoms with E-state index in [0.29, 0.717) is 30.3 Å². The van der Waals surface area contributed by atoms with Crippen molar-refractivity contribution in [3.05, 3.63) is 29.8 Å². The van der Waals surface area contributed by atoms with Gasteiger partial charge in [0.1, 0.15) is 4.99 Å². The monoisotopic (exact) mass is 266 g/mol. The molecular formula is C13H18N2O2S. The fraction of sp³-hybridized carbons (Fsp3) is 0.385. The third-order valence-corrected chi connectivity index (χ3v) is 2.49. The van der Waals surface area contributed by atoms with Crippen LogP contribution in [0.15, 0.2) is 24.3 Å². The van der Waals surface area contributed by atoms with E-state index in [1.165, 1.54) is 0 Å². The third-order valence-electron chi connectivity index (χ3n) is 2.25. The minimum Gasteiger partial charge on any atom is -0.389 e. The minimum absolute atomic E-state index is 0.0776. The summed E-state index contributed by atoms with van der Waals surface area (Å²) in [7, 11) is 0. The molecule has 1 rings (SSSR count). The lowest BCUT2D eigenvalue weighted by molar-refractivity contribution is -0.117. The number of nitrogens with two attached hydrogens (primary N) is 1. The highest BCUT2D eigenvalue weighted by Crippen LogP contribution is 2.10. The lowest BCUT2D eigenvalue weighted by atomic mass is 10.2. The van der Waals surface area contributed by atoms with Crippen LogP contribution in [0, 0.1) is 0 Å². The molecule has 98 valence electrons. The highest BCUT2D eigenvalue weighted by atomic mass is 32.1. The Kier molecular flexibility index (Phi) is 6.32. The SMILES string of the molecule is CCCOCCC(=O)Nc1cccc(C(N)=S)c1. The van der Waals surface area contributed by atoms with E-state index in [1.807, 2.05) is 13.0 Å². The van der Waals surface area contributed by atoms with Gasteiger partial charge in [-0.05, 0) is 18.6 Å². The van der Waals surface area contributed by atoms with Gasteiger partial charge in [0.15, 0.2) is 0 Å². The summed E-state index contributed by atoms with van der Waals surface area (Å²) >= 11 is 4.88. The van der Waals surface area contributed by atoms with Crippen LogP contribution in [0.4, 0.5) is 5.69 Å². The number of hydrogen-bond donors (Lipinski definition) is 2. The van der Waals surface area contributed by atoms with E-state index < -0.39 is 0 Å². The molecule has 0 atom stereocenters. The van der Waals surface area contributed by atoms with Gasteiger partial charge in [0.25, 0.3) is 0 Å². The summed E-state index contributed by atoms with van der Waals surface area (Å²) in [6.45, 7) is 3.15. The fourth-order valence-corrected chi connectivity index (χ4v) is 1.51. The third kappa shape index (κ3) is 5.25. The number of nitrogens with one attached hydrogen (secondary N) is 1. The first-order valence-corrected chi connectivity index (χ1v) is 6.31. The number of rotatable bonds is 7. The number of carbonyl (C=O) groups excluding carboxylic acids is 1. The summed E-state index contributed by atoms with van der Waals surface area (Å²) in [6, 6.07) is 7.17. The number of carbonyl (C=O) groups is 1. The Morgan fingerprint density at radius 3 is 2.89 bits per heavy atom. The Hall–Kier alpha value is -1.46. The van der Waals surface area contributed by atoms with Gasteiger partial charge in [0.05, 0.1) is 13.0 Å². The predicted molar refractivity (Wildman–Crippen MR) is 76.7 cm³/mol. The highest BCUT2D eigenvalue weighted by molar-refractivity contribution is 7.80. The largest absolute Gasteiger partial charge is 0.389 e. The summed E-state index contributed by atoms with van der Waals surface area (Å²) in [5, 5.41) is 2.78. The molecule has 1 amide bonds. The second-order valence-corrected chi connectivity index (χ2v) is 4.30. The van der Waals surface area contributed by atoms with Crippen molar-refractivity contribution in [2.45, 2.75) is 19.8 Å². The molecule has 1 aromatic rings. The van der Waals surface area contributed by atoms with Crippen LogP contribution in [-0.4, -0.2) is 24.1 Å². The fourth-order valence-electron chi connectivity index (χ4n) is 1.38. The minimum atomic E-state index is -0.0776. The molecule has 4 nitrogen and oxygen atoms in total. The van der Waals surface area contributed by atoms with Crippen molar-refractivity contribution in [1.82, 2.24) is 0 Å². The van der Waals surface area contributed by atoms with Crippen molar-refractivity contribution in [3.63, 3.8) is 0 Å². The van der Waals surface area contributed by atoms with Crippen LogP contribution in [0.25, 0.3) is 0 Å². The summed E-state index contributed by atoms with van der Waals surface area (Å²) < 4.78 is 5.25. The van der Waals surface area contributed by atoms with Crippen molar-refractivity contribution in [2.24, 2.45) is 5.73 Å². The lowest BCUT2D eigenvalue weighted by Gasteiger charge is -2.07. The number of hydrogen-bond acceptors (Lipinski definition) is 3. The Morgan fingerprint density at radius 2 is 2.22 bits per heavy atom. The molecule has 0 bridgehead atoms. The molecule has 0 aromatic heterocycles. The van der Waals surface area contributed by atoms with Gasteiger partial charge in [-0.25, -0.2) is 0 Å². The van der Waals surface area contributed by atoms with Crippen LogP contribution in [0.5, 0.6) is 0 Å². The summed E-state index contributed by atoms with van der Waals surface area (Å²) in [5.41, 5.74) is 6.96. The van der Waals surface area contributed by atoms with Gasteiger partial charge in [0.2, 0.25) is 5.91 Å². The summed E-state index contributed by atoms with van der Waals surface area (Å²) in [4.78, 5) is 11.9. The summed E-state index contributed by atoms with van der Waals surface area (Å²) in [6.07, 6.45) is 1.30. The molecule has 18 heavy (non-hydrogen) atoms. The molecule has 0 unspecified atom stereocenters. The summed E-state index contributed by atoms with van der Waals surface area (Å²) in [5.74, 6) is -0.0776. The van der Waals surface area contributed by atoms with Crippen molar-refractivity contribution in [1.29, 1.82) is 0 Å². The molecule has 0 spiro atoms. The van der Waals surface area contributed by atoms with Crippen molar-refractivity contribution in [3.8, 4) is 0 Å². The van der Waals surface area contributed by atoms with Gasteiger partial charge in [-0.3, -0.25) is 4.79 Å². The number of ether oxygens (including phenoxy) is 1. The molecular weight excluding hydrogens is 248 g/mol. The number of benzene rings is 1. The molecule has 5 heteroatoms. The molecule has 0 saturated carbocycles. The van der Waals surface area contributed by atoms with Gasteiger partial charge >= 0.3 is 0 Å². The van der Waals surface area contributed by atoms with E-state index >= 15 is 0 Å². The maximum Gasteiger partial charge on any atom is 0.226 e. The molecule has 0 radical (unpaired) electrons. The lowest BCUT2D eigenvalue weighted by Crippen LogP contribution is -2.15. The highest BCUT2D eigenvalue weighted by Gasteiger charge is 2.03. The van der Waals surface area contributed by atoms with E-state index in [0.717, 1.165) is 12.0 Å². The Labute approximate surface area is 113 Å². The number of thiocarbonyl (C=S) groups is 1. The van der Waals surface area contributed by atoms with Gasteiger partial charge in [-0.15, -0.1) is 0 Å². The molecule has 0 fully saturated rings. The van der Waals surface area contributed by atoms with Crippen LogP contribution < -0.4 is 11.1 Å². The standard InChI is InChI=1S/C13H18N2O2S/c1-2-7-17-8-6-12(16)15-11-5-3-4-10(9-11)13(14)18/h3-5,9H,2,6-8H2,1H3,(H2,14,18)(H,15,16). The topological polar surface area (TPSA) is 64.3 Å². The van der Waals surface area contributed by atoms with Gasteiger partial charge in [0, 0.05) is 17.9 Å². The molecule has 1 aromatic carbocycles. The number of anilines is 1. The number of amides is 1. The van der Waals surface area contributed by atoms with E-state index in [2.05, 4.69) is 5.32 Å². The van der Waals surface area contributed by atoms with Crippen LogP contribution in [-0.2, 0) is 9.53 Å². The Morgan fingerprint density at radius 1 is 1.44 bits per heavy atom. The second kappa shape index (κ2) is 7.79. The zero-order valence-electron chi connectivity index (χ0n) is 10.4. The van der Waals surface area contributed by atoms with E-state index in [4.69, 9.17) is 22.7 Å². The predicted octanol–water partition coefficient (Wildman–Crippen LogP) is 2.08. The van der Waals surface area contributed by atoms with E-state index in [9.17, 15) is 4.79 Å². The average molecular weight is 266 g/mol. The normalized spacial score (nSPS) is 10.1. The molecule has 0 heterocycles. The van der Waals surface area contributed by atoms with E-state index in [-0.39, 0.29) is 5.91 Å². The first-order valence-electron chi connectivity index (χ1n) is 5.91. The zero-order chi connectivity index (χ0) is 13.4. The molecule has 0 aliphatic rings. The van der Waals surface area contributed by atoms with Crippen molar-refractivity contribution in [2.75, 3.05) is 18.5 Å².